The number of phenols is 1. The Morgan fingerprint density at radius 2 is 2.08 bits per heavy atom. The van der Waals surface area contributed by atoms with Gasteiger partial charge < -0.3 is 25.8 Å². The predicted octanol–water partition coefficient (Wildman–Crippen LogP) is 0.759. The highest BCUT2D eigenvalue weighted by atomic mass is 31.2. The smallest absolute Gasteiger partial charge is 0.504 e. The zero-order valence-electron chi connectivity index (χ0n) is 14.3. The molecule has 1 amide bonds. The van der Waals surface area contributed by atoms with E-state index in [1.165, 1.54) is 19.1 Å². The van der Waals surface area contributed by atoms with Gasteiger partial charge in [-0.05, 0) is 37.5 Å². The largest absolute Gasteiger partial charge is 0.527 e. The summed E-state index contributed by atoms with van der Waals surface area (Å²) in [6.45, 7) is 1.76. The molecule has 10 nitrogen and oxygen atoms in total. The quantitative estimate of drug-likeness (QED) is 0.342. The van der Waals surface area contributed by atoms with Gasteiger partial charge in [-0.2, -0.15) is 0 Å². The molecule has 0 aliphatic carbocycles. The first kappa shape index (κ1) is 21.9. The highest BCUT2D eigenvalue weighted by molar-refractivity contribution is 7.47. The molecule has 0 aliphatic heterocycles. The summed E-state index contributed by atoms with van der Waals surface area (Å²) in [6, 6.07) is 3.14. The molecule has 0 aromatic heterocycles. The fraction of sp³-hybridized carbons (Fsp3) is 0.467. The minimum absolute atomic E-state index is 0.00525. The molecular formula is C15H23N2O8P. The summed E-state index contributed by atoms with van der Waals surface area (Å²) in [4.78, 5) is 31.6. The van der Waals surface area contributed by atoms with Crippen molar-refractivity contribution in [2.45, 2.75) is 32.2 Å². The van der Waals surface area contributed by atoms with Gasteiger partial charge in [0.2, 0.25) is 5.91 Å². The van der Waals surface area contributed by atoms with Crippen LogP contribution in [-0.2, 0) is 25.1 Å². The highest BCUT2D eigenvalue weighted by Gasteiger charge is 2.23. The van der Waals surface area contributed by atoms with Gasteiger partial charge in [-0.25, -0.2) is 4.57 Å². The highest BCUT2D eigenvalue weighted by Crippen LogP contribution is 2.46. The van der Waals surface area contributed by atoms with E-state index in [0.717, 1.165) is 0 Å². The van der Waals surface area contributed by atoms with E-state index in [-0.39, 0.29) is 43.4 Å². The summed E-state index contributed by atoms with van der Waals surface area (Å²) < 4.78 is 20.8. The standard InChI is InChI=1S/C15H23N2O8P/c1-2-24-26(22,23)25-13-5-3-10(9-12(13)18)7-8-17-14(19)6-4-11(16)15(20)21/h3,5,9,11,18H,2,4,6-8,16H2,1H3,(H,17,19)(H,20,21)(H,22,23)/t11-/m0/s1. The first-order valence-corrected chi connectivity index (χ1v) is 9.38. The molecule has 0 fully saturated rings. The molecule has 0 saturated carbocycles. The molecule has 11 heteroatoms. The normalized spacial score (nSPS) is 14.3. The summed E-state index contributed by atoms with van der Waals surface area (Å²) in [5.41, 5.74) is 5.97. The number of phosphoric ester groups is 1. The number of hydrogen-bond acceptors (Lipinski definition) is 7. The van der Waals surface area contributed by atoms with Crippen LogP contribution in [-0.4, -0.2) is 46.2 Å². The van der Waals surface area contributed by atoms with Crippen molar-refractivity contribution in [2.24, 2.45) is 5.73 Å². The number of nitrogens with one attached hydrogen (secondary N) is 1. The van der Waals surface area contributed by atoms with Gasteiger partial charge in [-0.1, -0.05) is 6.07 Å². The summed E-state index contributed by atoms with van der Waals surface area (Å²) in [5, 5.41) is 21.1. The number of carboxylic acid groups (broad SMARTS) is 1. The lowest BCUT2D eigenvalue weighted by atomic mass is 10.1. The Balaban J connectivity index is 2.47. The average Bonchev–Trinajstić information content (AvgIpc) is 2.54. The summed E-state index contributed by atoms with van der Waals surface area (Å²) in [7, 11) is -4.28. The minimum Gasteiger partial charge on any atom is -0.504 e. The van der Waals surface area contributed by atoms with Gasteiger partial charge in [-0.3, -0.25) is 19.0 Å². The Bertz CT molecular complexity index is 682. The second-order valence-corrected chi connectivity index (χ2v) is 6.74. The van der Waals surface area contributed by atoms with E-state index >= 15 is 0 Å². The molecular weight excluding hydrogens is 367 g/mol. The molecule has 0 aliphatic rings. The second-order valence-electron chi connectivity index (χ2n) is 5.36. The maximum Gasteiger partial charge on any atom is 0.527 e. The number of phenolic OH excluding ortho intramolecular Hbond substituents is 1. The Hall–Kier alpha value is -2.13. The van der Waals surface area contributed by atoms with Crippen LogP contribution in [0.4, 0.5) is 0 Å². The molecule has 1 aromatic rings. The molecule has 0 spiro atoms. The van der Waals surface area contributed by atoms with Crippen LogP contribution >= 0.6 is 7.82 Å². The van der Waals surface area contributed by atoms with Crippen molar-refractivity contribution >= 4 is 19.7 Å². The van der Waals surface area contributed by atoms with Crippen LogP contribution in [0.25, 0.3) is 0 Å². The molecule has 2 atom stereocenters. The number of phosphoric acid groups is 1. The summed E-state index contributed by atoms with van der Waals surface area (Å²) in [6.07, 6.45) is 0.413. The fourth-order valence-electron chi connectivity index (χ4n) is 1.95. The zero-order chi connectivity index (χ0) is 19.7. The Kier molecular flexibility index (Phi) is 8.53. The third-order valence-electron chi connectivity index (χ3n) is 3.26. The van der Waals surface area contributed by atoms with Crippen LogP contribution in [0.2, 0.25) is 0 Å². The van der Waals surface area contributed by atoms with Crippen LogP contribution in [0.1, 0.15) is 25.3 Å². The third kappa shape index (κ3) is 7.83. The molecule has 0 radical (unpaired) electrons. The lowest BCUT2D eigenvalue weighted by Crippen LogP contribution is -2.33. The van der Waals surface area contributed by atoms with E-state index in [9.17, 15) is 24.2 Å². The first-order chi connectivity index (χ1) is 12.1. The monoisotopic (exact) mass is 390 g/mol. The van der Waals surface area contributed by atoms with Gasteiger partial charge in [0.25, 0.3) is 0 Å². The van der Waals surface area contributed by atoms with E-state index in [1.54, 1.807) is 6.07 Å². The van der Waals surface area contributed by atoms with Gasteiger partial charge in [-0.15, -0.1) is 0 Å². The Labute approximate surface area is 150 Å². The molecule has 0 bridgehead atoms. The van der Waals surface area contributed by atoms with Gasteiger partial charge in [0, 0.05) is 13.0 Å². The number of amides is 1. The maximum atomic E-state index is 11.6. The average molecular weight is 390 g/mol. The molecule has 0 heterocycles. The van der Waals surface area contributed by atoms with Gasteiger partial charge >= 0.3 is 13.8 Å². The van der Waals surface area contributed by atoms with Crippen LogP contribution in [0.15, 0.2) is 18.2 Å². The predicted molar refractivity (Wildman–Crippen MR) is 91.7 cm³/mol. The molecule has 6 N–H and O–H groups in total. The third-order valence-corrected chi connectivity index (χ3v) is 4.28. The van der Waals surface area contributed by atoms with E-state index in [0.29, 0.717) is 12.0 Å². The van der Waals surface area contributed by atoms with Crippen molar-refractivity contribution in [1.29, 1.82) is 0 Å². The summed E-state index contributed by atoms with van der Waals surface area (Å²) >= 11 is 0. The Morgan fingerprint density at radius 1 is 1.38 bits per heavy atom. The summed E-state index contributed by atoms with van der Waals surface area (Å²) in [5.74, 6) is -2.02. The van der Waals surface area contributed by atoms with Gasteiger partial charge in [0.05, 0.1) is 6.61 Å². The number of hydrogen-bond donors (Lipinski definition) is 5. The molecule has 0 saturated heterocycles. The van der Waals surface area contributed by atoms with Gasteiger partial charge in [0.1, 0.15) is 6.04 Å². The molecule has 1 aromatic carbocycles. The SMILES string of the molecule is CCOP(=O)(O)Oc1ccc(CCNC(=O)CC[C@H](N)C(=O)O)cc1O. The van der Waals surface area contributed by atoms with Gasteiger partial charge in [0.15, 0.2) is 11.5 Å². The van der Waals surface area contributed by atoms with Crippen molar-refractivity contribution in [2.75, 3.05) is 13.2 Å². The fourth-order valence-corrected chi connectivity index (χ4v) is 2.74. The van der Waals surface area contributed by atoms with Crippen molar-refractivity contribution in [3.63, 3.8) is 0 Å². The number of aliphatic carboxylic acids is 1. The van der Waals surface area contributed by atoms with Crippen molar-refractivity contribution in [3.8, 4) is 11.5 Å². The number of nitrogens with two attached hydrogens (primary N) is 1. The van der Waals surface area contributed by atoms with E-state index in [1.807, 2.05) is 0 Å². The number of aromatic hydroxyl groups is 1. The molecule has 1 unspecified atom stereocenters. The van der Waals surface area contributed by atoms with Crippen molar-refractivity contribution in [1.82, 2.24) is 5.32 Å². The zero-order valence-corrected chi connectivity index (χ0v) is 15.1. The molecule has 26 heavy (non-hydrogen) atoms. The minimum atomic E-state index is -4.28. The van der Waals surface area contributed by atoms with E-state index < -0.39 is 19.8 Å². The number of carboxylic acids is 1. The van der Waals surface area contributed by atoms with Crippen molar-refractivity contribution in [3.05, 3.63) is 23.8 Å². The van der Waals surface area contributed by atoms with Crippen LogP contribution in [0.5, 0.6) is 11.5 Å². The second kappa shape index (κ2) is 10.1. The van der Waals surface area contributed by atoms with Crippen LogP contribution < -0.4 is 15.6 Å². The molecule has 146 valence electrons. The maximum absolute atomic E-state index is 11.6. The lowest BCUT2D eigenvalue weighted by Gasteiger charge is -2.13. The molecule has 1 rings (SSSR count). The number of rotatable bonds is 11. The van der Waals surface area contributed by atoms with E-state index in [2.05, 4.69) is 9.84 Å². The topological polar surface area (TPSA) is 168 Å². The van der Waals surface area contributed by atoms with Crippen LogP contribution in [0.3, 0.4) is 0 Å². The Morgan fingerprint density at radius 3 is 2.65 bits per heavy atom. The van der Waals surface area contributed by atoms with E-state index in [4.69, 9.17) is 15.4 Å². The number of carbonyl (C=O) groups is 2. The van der Waals surface area contributed by atoms with Crippen LogP contribution in [0, 0.1) is 0 Å². The first-order valence-electron chi connectivity index (χ1n) is 7.88. The lowest BCUT2D eigenvalue weighted by molar-refractivity contribution is -0.138. The number of benzene rings is 1. The number of carbonyl (C=O) groups excluding carboxylic acids is 1. The van der Waals surface area contributed by atoms with Crippen molar-refractivity contribution < 1.29 is 38.3 Å².